The van der Waals surface area contributed by atoms with E-state index in [1.165, 1.54) is 5.56 Å². The molecule has 1 aromatic heterocycles. The van der Waals surface area contributed by atoms with Crippen molar-refractivity contribution in [1.82, 2.24) is 20.4 Å². The number of ether oxygens (including phenoxy) is 2. The highest BCUT2D eigenvalue weighted by Gasteiger charge is 2.34. The molecule has 1 aromatic carbocycles. The minimum absolute atomic E-state index is 0.0225. The second kappa shape index (κ2) is 8.90. The minimum atomic E-state index is 0.0225. The molecule has 0 unspecified atom stereocenters. The van der Waals surface area contributed by atoms with E-state index in [2.05, 4.69) is 32.9 Å². The number of aliphatic imine (C=N–C) groups is 1. The minimum Gasteiger partial charge on any atom is -0.497 e. The molecule has 27 heavy (non-hydrogen) atoms. The Morgan fingerprint density at radius 3 is 2.56 bits per heavy atom. The molecule has 7 heteroatoms. The van der Waals surface area contributed by atoms with E-state index in [1.54, 1.807) is 20.4 Å². The van der Waals surface area contributed by atoms with Gasteiger partial charge in [0.15, 0.2) is 5.96 Å². The Bertz CT molecular complexity index is 748. The van der Waals surface area contributed by atoms with Gasteiger partial charge in [-0.3, -0.25) is 9.67 Å². The van der Waals surface area contributed by atoms with Gasteiger partial charge in [-0.05, 0) is 36.6 Å². The summed E-state index contributed by atoms with van der Waals surface area (Å²) in [5.74, 6) is 1.66. The number of aryl methyl sites for hydroxylation is 1. The highest BCUT2D eigenvalue weighted by Crippen LogP contribution is 2.35. The molecule has 2 aromatic rings. The molecular formula is C20H29N5O2. The molecule has 1 saturated heterocycles. The molecule has 7 nitrogen and oxygen atoms in total. The van der Waals surface area contributed by atoms with Gasteiger partial charge in [-0.1, -0.05) is 12.1 Å². The first-order chi connectivity index (χ1) is 13.2. The van der Waals surface area contributed by atoms with Crippen molar-refractivity contribution in [3.8, 4) is 5.75 Å². The van der Waals surface area contributed by atoms with Crippen molar-refractivity contribution in [3.05, 3.63) is 47.8 Å². The van der Waals surface area contributed by atoms with Crippen molar-refractivity contribution in [1.29, 1.82) is 0 Å². The zero-order valence-electron chi connectivity index (χ0n) is 16.4. The number of aromatic nitrogens is 2. The van der Waals surface area contributed by atoms with Crippen LogP contribution in [0.25, 0.3) is 0 Å². The number of guanidine groups is 1. The average molecular weight is 371 g/mol. The van der Waals surface area contributed by atoms with Crippen LogP contribution in [0.5, 0.6) is 5.75 Å². The Morgan fingerprint density at radius 2 is 1.96 bits per heavy atom. The smallest absolute Gasteiger partial charge is 0.191 e. The third kappa shape index (κ3) is 4.60. The van der Waals surface area contributed by atoms with Crippen LogP contribution in [0.15, 0.2) is 41.5 Å². The highest BCUT2D eigenvalue weighted by molar-refractivity contribution is 5.79. The Balaban J connectivity index is 1.67. The van der Waals surface area contributed by atoms with E-state index >= 15 is 0 Å². The van der Waals surface area contributed by atoms with Gasteiger partial charge in [-0.2, -0.15) is 5.10 Å². The predicted molar refractivity (Wildman–Crippen MR) is 106 cm³/mol. The summed E-state index contributed by atoms with van der Waals surface area (Å²) in [6, 6.07) is 10.4. The number of nitrogens with zero attached hydrogens (tertiary/aromatic N) is 3. The lowest BCUT2D eigenvalue weighted by molar-refractivity contribution is 0.0513. The molecule has 0 aliphatic carbocycles. The molecule has 1 fully saturated rings. The summed E-state index contributed by atoms with van der Waals surface area (Å²) in [4.78, 5) is 4.37. The predicted octanol–water partition coefficient (Wildman–Crippen LogP) is 1.84. The summed E-state index contributed by atoms with van der Waals surface area (Å²) in [6.45, 7) is 3.02. The maximum Gasteiger partial charge on any atom is 0.191 e. The molecule has 0 atom stereocenters. The van der Waals surface area contributed by atoms with Gasteiger partial charge in [0.2, 0.25) is 0 Å². The van der Waals surface area contributed by atoms with Crippen molar-refractivity contribution in [3.63, 3.8) is 0 Å². The van der Waals surface area contributed by atoms with Crippen LogP contribution < -0.4 is 15.4 Å². The van der Waals surface area contributed by atoms with Gasteiger partial charge in [-0.15, -0.1) is 0 Å². The maximum atomic E-state index is 5.63. The normalized spacial score (nSPS) is 16.8. The van der Waals surface area contributed by atoms with Gasteiger partial charge in [0.25, 0.3) is 0 Å². The standard InChI is InChI=1S/C20H29N5O2/c1-21-19(22-14-17-8-11-24-25(17)2)23-15-20(9-12-27-13-10-20)16-4-6-18(26-3)7-5-16/h4-8,11H,9-10,12-15H2,1-3H3,(H2,21,22,23). The lowest BCUT2D eigenvalue weighted by Gasteiger charge is -2.38. The lowest BCUT2D eigenvalue weighted by Crippen LogP contribution is -2.48. The van der Waals surface area contributed by atoms with Gasteiger partial charge in [-0.25, -0.2) is 0 Å². The van der Waals surface area contributed by atoms with Crippen LogP contribution in [0.4, 0.5) is 0 Å². The molecule has 0 saturated carbocycles. The number of benzene rings is 1. The molecule has 0 amide bonds. The van der Waals surface area contributed by atoms with Crippen molar-refractivity contribution in [2.24, 2.45) is 12.0 Å². The lowest BCUT2D eigenvalue weighted by atomic mass is 9.74. The third-order valence-corrected chi connectivity index (χ3v) is 5.33. The van der Waals surface area contributed by atoms with E-state index < -0.39 is 0 Å². The van der Waals surface area contributed by atoms with Crippen LogP contribution in [-0.4, -0.2) is 49.7 Å². The monoisotopic (exact) mass is 371 g/mol. The number of methoxy groups -OCH3 is 1. The van der Waals surface area contributed by atoms with Crippen LogP contribution in [0.1, 0.15) is 24.1 Å². The molecule has 146 valence electrons. The fourth-order valence-corrected chi connectivity index (χ4v) is 3.50. The average Bonchev–Trinajstić information content (AvgIpc) is 3.13. The van der Waals surface area contributed by atoms with Crippen molar-refractivity contribution < 1.29 is 9.47 Å². The Labute approximate surface area is 160 Å². The van der Waals surface area contributed by atoms with Crippen molar-refractivity contribution in [2.45, 2.75) is 24.8 Å². The summed E-state index contributed by atoms with van der Waals surface area (Å²) in [5, 5.41) is 11.1. The molecule has 0 spiro atoms. The molecular weight excluding hydrogens is 342 g/mol. The topological polar surface area (TPSA) is 72.7 Å². The molecule has 2 heterocycles. The first kappa shape index (κ1) is 19.2. The fraction of sp³-hybridized carbons (Fsp3) is 0.500. The molecule has 1 aliphatic rings. The molecule has 2 N–H and O–H groups in total. The first-order valence-electron chi connectivity index (χ1n) is 9.30. The summed E-state index contributed by atoms with van der Waals surface area (Å²) in [6.07, 6.45) is 3.75. The van der Waals surface area contributed by atoms with E-state index in [9.17, 15) is 0 Å². The van der Waals surface area contributed by atoms with Crippen LogP contribution in [0.3, 0.4) is 0 Å². The SMILES string of the molecule is CN=C(NCc1ccnn1C)NCC1(c2ccc(OC)cc2)CCOCC1. The van der Waals surface area contributed by atoms with Gasteiger partial charge in [0.1, 0.15) is 5.75 Å². The zero-order valence-corrected chi connectivity index (χ0v) is 16.4. The Kier molecular flexibility index (Phi) is 6.34. The van der Waals surface area contributed by atoms with Crippen LogP contribution >= 0.6 is 0 Å². The van der Waals surface area contributed by atoms with E-state index in [-0.39, 0.29) is 5.41 Å². The number of hydrogen-bond donors (Lipinski definition) is 2. The Morgan fingerprint density at radius 1 is 1.22 bits per heavy atom. The molecule has 1 aliphatic heterocycles. The summed E-state index contributed by atoms with van der Waals surface area (Å²) in [7, 11) is 5.43. The van der Waals surface area contributed by atoms with E-state index in [0.29, 0.717) is 6.54 Å². The molecule has 3 rings (SSSR count). The van der Waals surface area contributed by atoms with Crippen LogP contribution in [0.2, 0.25) is 0 Å². The quantitative estimate of drug-likeness (QED) is 0.599. The number of rotatable bonds is 6. The molecule has 0 radical (unpaired) electrons. The highest BCUT2D eigenvalue weighted by atomic mass is 16.5. The number of nitrogens with one attached hydrogen (secondary N) is 2. The third-order valence-electron chi connectivity index (χ3n) is 5.33. The number of hydrogen-bond acceptors (Lipinski definition) is 4. The maximum absolute atomic E-state index is 5.63. The summed E-state index contributed by atoms with van der Waals surface area (Å²) >= 11 is 0. The van der Waals surface area contributed by atoms with Crippen LogP contribution in [0, 0.1) is 0 Å². The first-order valence-corrected chi connectivity index (χ1v) is 9.30. The summed E-state index contributed by atoms with van der Waals surface area (Å²) < 4.78 is 12.8. The van der Waals surface area contributed by atoms with Gasteiger partial charge < -0.3 is 20.1 Å². The van der Waals surface area contributed by atoms with Crippen molar-refractivity contribution >= 4 is 5.96 Å². The zero-order chi connectivity index (χ0) is 19.1. The van der Waals surface area contributed by atoms with E-state index in [1.807, 2.05) is 29.9 Å². The van der Waals surface area contributed by atoms with Gasteiger partial charge >= 0.3 is 0 Å². The van der Waals surface area contributed by atoms with Gasteiger partial charge in [0.05, 0.1) is 19.3 Å². The largest absolute Gasteiger partial charge is 0.497 e. The van der Waals surface area contributed by atoms with E-state index in [4.69, 9.17) is 9.47 Å². The second-order valence-electron chi connectivity index (χ2n) is 6.85. The molecule has 0 bridgehead atoms. The second-order valence-corrected chi connectivity index (χ2v) is 6.85. The summed E-state index contributed by atoms with van der Waals surface area (Å²) in [5.41, 5.74) is 2.43. The van der Waals surface area contributed by atoms with Crippen LogP contribution in [-0.2, 0) is 23.7 Å². The van der Waals surface area contributed by atoms with Gasteiger partial charge in [0, 0.05) is 45.5 Å². The van der Waals surface area contributed by atoms with E-state index in [0.717, 1.165) is 50.0 Å². The Hall–Kier alpha value is -2.54. The fourth-order valence-electron chi connectivity index (χ4n) is 3.50. The van der Waals surface area contributed by atoms with Crippen molar-refractivity contribution in [2.75, 3.05) is 33.9 Å².